The van der Waals surface area contributed by atoms with E-state index in [1.807, 2.05) is 12.1 Å². The number of methoxy groups -OCH3 is 1. The van der Waals surface area contributed by atoms with E-state index in [1.54, 1.807) is 30.3 Å². The molecular formula is C20H17ClN4O3S. The summed E-state index contributed by atoms with van der Waals surface area (Å²) in [7, 11) is -2.32. The number of hydrogen-bond donors (Lipinski definition) is 2. The van der Waals surface area contributed by atoms with Crippen molar-refractivity contribution in [1.82, 2.24) is 4.98 Å². The number of aliphatic imine (C=N–C) groups is 1. The smallest absolute Gasteiger partial charge is 0.262 e. The zero-order chi connectivity index (χ0) is 20.6. The summed E-state index contributed by atoms with van der Waals surface area (Å²) in [5, 5.41) is 0.358. The molecule has 0 fully saturated rings. The van der Waals surface area contributed by atoms with Gasteiger partial charge in [0.15, 0.2) is 0 Å². The van der Waals surface area contributed by atoms with E-state index in [0.717, 1.165) is 5.56 Å². The molecule has 0 radical (unpaired) electrons. The molecular weight excluding hydrogens is 412 g/mol. The third kappa shape index (κ3) is 3.76. The largest absolute Gasteiger partial charge is 0.497 e. The molecule has 4 rings (SSSR count). The maximum Gasteiger partial charge on any atom is 0.262 e. The lowest BCUT2D eigenvalue weighted by Gasteiger charge is -2.11. The molecule has 0 amide bonds. The number of amidine groups is 1. The maximum absolute atomic E-state index is 12.7. The zero-order valence-corrected chi connectivity index (χ0v) is 17.0. The van der Waals surface area contributed by atoms with Crippen LogP contribution in [-0.4, -0.2) is 26.3 Å². The number of nitrogens with zero attached hydrogens (tertiary/aromatic N) is 2. The average Bonchev–Trinajstić information content (AvgIpc) is 3.08. The summed E-state index contributed by atoms with van der Waals surface area (Å²) >= 11 is 6.42. The minimum absolute atomic E-state index is 0.0899. The Kier molecular flexibility index (Phi) is 4.89. The van der Waals surface area contributed by atoms with Gasteiger partial charge in [-0.3, -0.25) is 9.71 Å². The summed E-state index contributed by atoms with van der Waals surface area (Å²) in [5.41, 5.74) is 9.12. The van der Waals surface area contributed by atoms with E-state index in [2.05, 4.69) is 14.7 Å². The predicted molar refractivity (Wildman–Crippen MR) is 113 cm³/mol. The van der Waals surface area contributed by atoms with Gasteiger partial charge in [0.25, 0.3) is 10.0 Å². The normalized spacial score (nSPS) is 13.0. The Bertz CT molecular complexity index is 1240. The van der Waals surface area contributed by atoms with E-state index < -0.39 is 10.0 Å². The SMILES string of the molecule is COc1cccc(S(=O)(=O)Nc2ccc(-c3ccc4c(n3)C(N)=NC4)c(Cl)c2)c1. The summed E-state index contributed by atoms with van der Waals surface area (Å²) in [6.07, 6.45) is 0. The molecule has 1 aliphatic rings. The Morgan fingerprint density at radius 1 is 1.14 bits per heavy atom. The van der Waals surface area contributed by atoms with Crippen molar-refractivity contribution < 1.29 is 13.2 Å². The number of nitrogens with two attached hydrogens (primary N) is 1. The maximum atomic E-state index is 12.7. The molecule has 0 bridgehead atoms. The van der Waals surface area contributed by atoms with Crippen LogP contribution < -0.4 is 15.2 Å². The topological polar surface area (TPSA) is 107 Å². The molecule has 7 nitrogen and oxygen atoms in total. The highest BCUT2D eigenvalue weighted by atomic mass is 35.5. The molecule has 0 unspecified atom stereocenters. The van der Waals surface area contributed by atoms with Crippen LogP contribution in [0.2, 0.25) is 5.02 Å². The molecule has 1 aromatic heterocycles. The van der Waals surface area contributed by atoms with Crippen molar-refractivity contribution in [1.29, 1.82) is 0 Å². The van der Waals surface area contributed by atoms with Gasteiger partial charge in [0.1, 0.15) is 17.3 Å². The van der Waals surface area contributed by atoms with Crippen LogP contribution >= 0.6 is 11.6 Å². The number of hydrogen-bond acceptors (Lipinski definition) is 6. The molecule has 29 heavy (non-hydrogen) atoms. The van der Waals surface area contributed by atoms with E-state index >= 15 is 0 Å². The van der Waals surface area contributed by atoms with Gasteiger partial charge in [-0.25, -0.2) is 13.4 Å². The van der Waals surface area contributed by atoms with Crippen LogP contribution in [0.1, 0.15) is 11.3 Å². The monoisotopic (exact) mass is 428 g/mol. The van der Waals surface area contributed by atoms with E-state index in [4.69, 9.17) is 22.1 Å². The highest BCUT2D eigenvalue weighted by Crippen LogP contribution is 2.31. The van der Waals surface area contributed by atoms with Gasteiger partial charge in [0.05, 0.1) is 35.0 Å². The van der Waals surface area contributed by atoms with Crippen LogP contribution in [0.5, 0.6) is 5.75 Å². The van der Waals surface area contributed by atoms with Crippen molar-refractivity contribution in [3.05, 3.63) is 70.9 Å². The molecule has 0 atom stereocenters. The molecule has 0 spiro atoms. The van der Waals surface area contributed by atoms with Gasteiger partial charge in [-0.05, 0) is 36.4 Å². The number of rotatable bonds is 5. The standard InChI is InChI=1S/C20H17ClN4O3S/c1-28-14-3-2-4-15(10-14)29(26,27)25-13-6-7-16(17(21)9-13)18-8-5-12-11-23-20(22)19(12)24-18/h2-10,25H,11H2,1H3,(H2,22,23). The van der Waals surface area contributed by atoms with Gasteiger partial charge in [0, 0.05) is 17.2 Å². The van der Waals surface area contributed by atoms with Gasteiger partial charge in [0.2, 0.25) is 0 Å². The molecule has 9 heteroatoms. The summed E-state index contributed by atoms with van der Waals surface area (Å²) < 4.78 is 32.9. The average molecular weight is 429 g/mol. The second-order valence-corrected chi connectivity index (χ2v) is 8.47. The van der Waals surface area contributed by atoms with Crippen molar-refractivity contribution in [2.75, 3.05) is 11.8 Å². The van der Waals surface area contributed by atoms with Gasteiger partial charge in [-0.15, -0.1) is 0 Å². The number of sulfonamides is 1. The molecule has 3 aromatic rings. The fourth-order valence-electron chi connectivity index (χ4n) is 3.00. The lowest BCUT2D eigenvalue weighted by atomic mass is 10.1. The lowest BCUT2D eigenvalue weighted by molar-refractivity contribution is 0.413. The van der Waals surface area contributed by atoms with Crippen LogP contribution in [0, 0.1) is 0 Å². The second-order valence-electron chi connectivity index (χ2n) is 6.38. The van der Waals surface area contributed by atoms with Gasteiger partial charge in [-0.2, -0.15) is 0 Å². The van der Waals surface area contributed by atoms with Gasteiger partial charge < -0.3 is 10.5 Å². The summed E-state index contributed by atoms with van der Waals surface area (Å²) in [4.78, 5) is 8.80. The molecule has 2 aromatic carbocycles. The molecule has 0 aliphatic carbocycles. The third-order valence-corrected chi connectivity index (χ3v) is 6.18. The Labute approximate surface area is 173 Å². The number of ether oxygens (including phenoxy) is 1. The Morgan fingerprint density at radius 2 is 1.97 bits per heavy atom. The van der Waals surface area contributed by atoms with Crippen LogP contribution in [0.15, 0.2) is 64.5 Å². The Hall–Kier alpha value is -3.10. The molecule has 0 saturated heterocycles. The number of pyridine rings is 1. The Balaban J connectivity index is 1.62. The van der Waals surface area contributed by atoms with Crippen LogP contribution in [0.25, 0.3) is 11.3 Å². The van der Waals surface area contributed by atoms with Crippen molar-refractivity contribution in [3.63, 3.8) is 0 Å². The first-order chi connectivity index (χ1) is 13.9. The van der Waals surface area contributed by atoms with E-state index in [0.29, 0.717) is 45.8 Å². The van der Waals surface area contributed by atoms with Gasteiger partial charge in [-0.1, -0.05) is 23.7 Å². The predicted octanol–water partition coefficient (Wildman–Crippen LogP) is 3.43. The highest BCUT2D eigenvalue weighted by molar-refractivity contribution is 7.92. The summed E-state index contributed by atoms with van der Waals surface area (Å²) in [6.45, 7) is 0.521. The summed E-state index contributed by atoms with van der Waals surface area (Å²) in [6, 6.07) is 14.9. The van der Waals surface area contributed by atoms with Crippen molar-refractivity contribution in [3.8, 4) is 17.0 Å². The first-order valence-electron chi connectivity index (χ1n) is 8.64. The fraction of sp³-hybridized carbons (Fsp3) is 0.100. The number of benzene rings is 2. The van der Waals surface area contributed by atoms with E-state index in [9.17, 15) is 8.42 Å². The lowest BCUT2D eigenvalue weighted by Crippen LogP contribution is -2.13. The first kappa shape index (κ1) is 19.2. The molecule has 148 valence electrons. The number of nitrogens with one attached hydrogen (secondary N) is 1. The molecule has 0 saturated carbocycles. The van der Waals surface area contributed by atoms with Crippen molar-refractivity contribution in [2.24, 2.45) is 10.7 Å². The van der Waals surface area contributed by atoms with Crippen LogP contribution in [0.3, 0.4) is 0 Å². The highest BCUT2D eigenvalue weighted by Gasteiger charge is 2.18. The van der Waals surface area contributed by atoms with Crippen LogP contribution in [0.4, 0.5) is 5.69 Å². The first-order valence-corrected chi connectivity index (χ1v) is 10.5. The molecule has 3 N–H and O–H groups in total. The number of halogens is 1. The minimum atomic E-state index is -3.79. The van der Waals surface area contributed by atoms with E-state index in [1.165, 1.54) is 19.2 Å². The number of anilines is 1. The molecule has 1 aliphatic heterocycles. The third-order valence-electron chi connectivity index (χ3n) is 4.49. The fourth-order valence-corrected chi connectivity index (χ4v) is 4.36. The van der Waals surface area contributed by atoms with Gasteiger partial charge >= 0.3 is 0 Å². The summed E-state index contributed by atoms with van der Waals surface area (Å²) in [5.74, 6) is 0.854. The van der Waals surface area contributed by atoms with Crippen molar-refractivity contribution >= 4 is 33.1 Å². The van der Waals surface area contributed by atoms with Crippen molar-refractivity contribution in [2.45, 2.75) is 11.4 Å². The van der Waals surface area contributed by atoms with E-state index in [-0.39, 0.29) is 4.90 Å². The number of aromatic nitrogens is 1. The zero-order valence-electron chi connectivity index (χ0n) is 15.4. The Morgan fingerprint density at radius 3 is 2.72 bits per heavy atom. The molecule has 2 heterocycles. The minimum Gasteiger partial charge on any atom is -0.497 e. The quantitative estimate of drug-likeness (QED) is 0.647. The second kappa shape index (κ2) is 7.38. The number of fused-ring (bicyclic) bond motifs is 1. The van der Waals surface area contributed by atoms with Crippen LogP contribution in [-0.2, 0) is 16.6 Å².